The van der Waals surface area contributed by atoms with Gasteiger partial charge in [0.15, 0.2) is 17.5 Å². The zero-order chi connectivity index (χ0) is 41.5. The Morgan fingerprint density at radius 1 is 0.381 bits per heavy atom. The van der Waals surface area contributed by atoms with E-state index in [0.717, 1.165) is 78.6 Å². The summed E-state index contributed by atoms with van der Waals surface area (Å²) in [6.07, 6.45) is 8.42. The van der Waals surface area contributed by atoms with Gasteiger partial charge in [-0.25, -0.2) is 15.0 Å². The molecule has 2 heterocycles. The molecule has 0 spiro atoms. The van der Waals surface area contributed by atoms with Crippen molar-refractivity contribution in [3.05, 3.63) is 188 Å². The average Bonchev–Trinajstić information content (AvgIpc) is 3.71. The highest BCUT2D eigenvalue weighted by Crippen LogP contribution is 2.61. The molecule has 0 unspecified atom stereocenters. The Hall–Kier alpha value is -7.17. The fraction of sp³-hybridized carbons (Fsp3) is 0.169. The van der Waals surface area contributed by atoms with Gasteiger partial charge >= 0.3 is 0 Å². The van der Waals surface area contributed by atoms with E-state index in [1.165, 1.54) is 66.0 Å². The summed E-state index contributed by atoms with van der Waals surface area (Å²) >= 11 is 0. The first-order valence-corrected chi connectivity index (χ1v) is 22.7. The molecule has 4 heteroatoms. The zero-order valence-corrected chi connectivity index (χ0v) is 35.0. The van der Waals surface area contributed by atoms with Gasteiger partial charge in [0.05, 0.1) is 5.56 Å². The van der Waals surface area contributed by atoms with Crippen LogP contribution in [0.3, 0.4) is 0 Å². The van der Waals surface area contributed by atoms with E-state index in [-0.39, 0.29) is 0 Å². The highest BCUT2D eigenvalue weighted by molar-refractivity contribution is 6.12. The molecule has 0 aliphatic heterocycles. The van der Waals surface area contributed by atoms with Gasteiger partial charge in [0.25, 0.3) is 0 Å². The molecular formula is C59H45N3O. The number of fused-ring (bicyclic) bond motifs is 4. The van der Waals surface area contributed by atoms with Crippen molar-refractivity contribution in [2.45, 2.75) is 43.9 Å². The Kier molecular flexibility index (Phi) is 8.37. The molecule has 0 atom stereocenters. The van der Waals surface area contributed by atoms with Crippen LogP contribution in [-0.2, 0) is 5.41 Å². The molecule has 10 aromatic rings. The largest absolute Gasteiger partial charge is 0.455 e. The van der Waals surface area contributed by atoms with E-state index in [2.05, 4.69) is 164 Å². The second kappa shape index (κ2) is 14.5. The van der Waals surface area contributed by atoms with Crippen LogP contribution in [-0.4, -0.2) is 15.0 Å². The van der Waals surface area contributed by atoms with Crippen LogP contribution in [0.2, 0.25) is 0 Å². The van der Waals surface area contributed by atoms with Crippen LogP contribution < -0.4 is 0 Å². The summed E-state index contributed by atoms with van der Waals surface area (Å²) in [5.41, 5.74) is 13.1. The molecule has 8 aromatic carbocycles. The molecule has 0 saturated heterocycles. The van der Waals surface area contributed by atoms with Crippen molar-refractivity contribution in [2.24, 2.45) is 17.8 Å². The first-order chi connectivity index (χ1) is 31.1. The van der Waals surface area contributed by atoms with Gasteiger partial charge in [0.1, 0.15) is 11.2 Å². The Labute approximate surface area is 367 Å². The van der Waals surface area contributed by atoms with Gasteiger partial charge in [0, 0.05) is 21.9 Å². The lowest BCUT2D eigenvalue weighted by Gasteiger charge is -2.57. The minimum atomic E-state index is 0.345. The summed E-state index contributed by atoms with van der Waals surface area (Å²) in [5.74, 6) is 4.53. The summed E-state index contributed by atoms with van der Waals surface area (Å²) in [5, 5.41) is 4.55. The predicted molar refractivity (Wildman–Crippen MR) is 257 cm³/mol. The van der Waals surface area contributed by atoms with E-state index in [1.807, 2.05) is 18.2 Å². The fourth-order valence-electron chi connectivity index (χ4n) is 12.1. The lowest BCUT2D eigenvalue weighted by atomic mass is 9.48. The van der Waals surface area contributed by atoms with Crippen LogP contribution in [0.4, 0.5) is 0 Å². The topological polar surface area (TPSA) is 51.8 Å². The standard InChI is InChI=1S/C59H45N3O/c1-3-10-40(11-4-1)47-22-25-54-51(31-47)52-32-49(42-20-23-50(24-21-42)59-34-37-26-38(35-59)28-39(27-37)36-59)33-53(55(52)63-54)58-61-56(43-13-5-2-6-14-43)60-57(62-58)48-17-9-16-45(30-48)46-19-18-41-12-7-8-15-44(41)29-46/h1-25,29-33,37-39H,26-28,34-36H2. The van der Waals surface area contributed by atoms with Crippen LogP contribution in [0.25, 0.3) is 100 Å². The molecule has 14 rings (SSSR count). The third-order valence-corrected chi connectivity index (χ3v) is 14.7. The SMILES string of the molecule is c1ccc(-c2ccc3oc4c(-c5nc(-c6ccccc6)nc(-c6cccc(-c7ccc8ccccc8c7)c6)n5)cc(-c5ccc(C67CC8CC(CC(C8)C6)C7)cc5)cc4c3c2)cc1. The normalized spacial score (nSPS) is 20.2. The maximum atomic E-state index is 6.88. The van der Waals surface area contributed by atoms with Gasteiger partial charge in [0.2, 0.25) is 0 Å². The summed E-state index contributed by atoms with van der Waals surface area (Å²) < 4.78 is 6.88. The van der Waals surface area contributed by atoms with Gasteiger partial charge in [-0.1, -0.05) is 146 Å². The van der Waals surface area contributed by atoms with E-state index in [9.17, 15) is 0 Å². The maximum Gasteiger partial charge on any atom is 0.167 e. The third-order valence-electron chi connectivity index (χ3n) is 14.7. The molecule has 4 bridgehead atoms. The molecule has 63 heavy (non-hydrogen) atoms. The molecule has 0 N–H and O–H groups in total. The van der Waals surface area contributed by atoms with Crippen molar-refractivity contribution in [1.29, 1.82) is 0 Å². The summed E-state index contributed by atoms with van der Waals surface area (Å²) in [4.78, 5) is 15.8. The minimum Gasteiger partial charge on any atom is -0.455 e. The van der Waals surface area contributed by atoms with E-state index in [1.54, 1.807) is 0 Å². The number of benzene rings is 8. The smallest absolute Gasteiger partial charge is 0.167 e. The second-order valence-electron chi connectivity index (χ2n) is 18.7. The van der Waals surface area contributed by atoms with Crippen molar-refractivity contribution < 1.29 is 4.42 Å². The molecule has 2 aromatic heterocycles. The monoisotopic (exact) mass is 811 g/mol. The molecule has 302 valence electrons. The van der Waals surface area contributed by atoms with Crippen LogP contribution in [0.1, 0.15) is 44.1 Å². The highest BCUT2D eigenvalue weighted by atomic mass is 16.3. The van der Waals surface area contributed by atoms with Crippen molar-refractivity contribution in [2.75, 3.05) is 0 Å². The predicted octanol–water partition coefficient (Wildman–Crippen LogP) is 15.4. The fourth-order valence-corrected chi connectivity index (χ4v) is 12.1. The van der Waals surface area contributed by atoms with Crippen molar-refractivity contribution in [3.63, 3.8) is 0 Å². The molecule has 0 amide bonds. The number of rotatable bonds is 7. The molecule has 4 aliphatic rings. The number of nitrogens with zero attached hydrogens (tertiary/aromatic N) is 3. The Balaban J connectivity index is 0.988. The first-order valence-electron chi connectivity index (χ1n) is 22.7. The number of hydrogen-bond donors (Lipinski definition) is 0. The van der Waals surface area contributed by atoms with Crippen LogP contribution >= 0.6 is 0 Å². The van der Waals surface area contributed by atoms with Crippen molar-refractivity contribution >= 4 is 32.7 Å². The molecule has 4 fully saturated rings. The van der Waals surface area contributed by atoms with E-state index >= 15 is 0 Å². The van der Waals surface area contributed by atoms with Gasteiger partial charge in [-0.05, 0) is 148 Å². The van der Waals surface area contributed by atoms with Gasteiger partial charge in [-0.2, -0.15) is 0 Å². The second-order valence-corrected chi connectivity index (χ2v) is 18.7. The van der Waals surface area contributed by atoms with Crippen molar-refractivity contribution in [3.8, 4) is 67.5 Å². The summed E-state index contributed by atoms with van der Waals surface area (Å²) in [6.45, 7) is 0. The number of aromatic nitrogens is 3. The minimum absolute atomic E-state index is 0.345. The van der Waals surface area contributed by atoms with E-state index in [0.29, 0.717) is 22.9 Å². The quantitative estimate of drug-likeness (QED) is 0.161. The van der Waals surface area contributed by atoms with Crippen LogP contribution in [0, 0.1) is 17.8 Å². The molecule has 4 aliphatic carbocycles. The summed E-state index contributed by atoms with van der Waals surface area (Å²) in [6, 6.07) is 65.2. The molecule has 4 saturated carbocycles. The average molecular weight is 812 g/mol. The van der Waals surface area contributed by atoms with Gasteiger partial charge in [-0.15, -0.1) is 0 Å². The zero-order valence-electron chi connectivity index (χ0n) is 35.0. The molecular weight excluding hydrogens is 767 g/mol. The Morgan fingerprint density at radius 2 is 0.921 bits per heavy atom. The van der Waals surface area contributed by atoms with E-state index in [4.69, 9.17) is 19.4 Å². The molecule has 4 nitrogen and oxygen atoms in total. The first kappa shape index (κ1) is 36.5. The third kappa shape index (κ3) is 6.38. The lowest BCUT2D eigenvalue weighted by Crippen LogP contribution is -2.48. The number of furan rings is 1. The van der Waals surface area contributed by atoms with E-state index < -0.39 is 0 Å². The maximum absolute atomic E-state index is 6.88. The van der Waals surface area contributed by atoms with Crippen LogP contribution in [0.5, 0.6) is 0 Å². The molecule has 0 radical (unpaired) electrons. The van der Waals surface area contributed by atoms with Gasteiger partial charge < -0.3 is 4.42 Å². The van der Waals surface area contributed by atoms with Gasteiger partial charge in [-0.3, -0.25) is 0 Å². The van der Waals surface area contributed by atoms with Crippen molar-refractivity contribution in [1.82, 2.24) is 15.0 Å². The number of hydrogen-bond acceptors (Lipinski definition) is 4. The lowest BCUT2D eigenvalue weighted by molar-refractivity contribution is -0.00518. The highest BCUT2D eigenvalue weighted by Gasteiger charge is 2.51. The Bertz CT molecular complexity index is 3330. The Morgan fingerprint density at radius 3 is 1.67 bits per heavy atom. The summed E-state index contributed by atoms with van der Waals surface area (Å²) in [7, 11) is 0. The van der Waals surface area contributed by atoms with Crippen LogP contribution in [0.15, 0.2) is 186 Å².